The molecular formula is C15H12ClN5O3S2. The topological polar surface area (TPSA) is 114 Å². The van der Waals surface area contributed by atoms with Crippen LogP contribution in [0.5, 0.6) is 0 Å². The number of sulfonamides is 1. The number of nitrogens with one attached hydrogen (secondary N) is 2. The van der Waals surface area contributed by atoms with Crippen LogP contribution >= 0.6 is 22.9 Å². The van der Waals surface area contributed by atoms with Crippen molar-refractivity contribution in [3.63, 3.8) is 0 Å². The molecule has 3 rings (SSSR count). The largest absolute Gasteiger partial charge is 0.296 e. The number of carbonyl (C=O) groups excluding carboxylic acids is 1. The number of hydrogen-bond donors (Lipinski definition) is 2. The summed E-state index contributed by atoms with van der Waals surface area (Å²) in [5, 5.41) is 11.6. The Hall–Kier alpha value is -2.56. The molecule has 11 heteroatoms. The number of carbonyl (C=O) groups is 1. The average Bonchev–Trinajstić information content (AvgIpc) is 3.05. The average molecular weight is 410 g/mol. The van der Waals surface area contributed by atoms with E-state index >= 15 is 0 Å². The fraction of sp³-hybridized carbons (Fsp3) is 0.0667. The molecule has 0 unspecified atom stereocenters. The van der Waals surface area contributed by atoms with Gasteiger partial charge in [0, 0.05) is 11.8 Å². The van der Waals surface area contributed by atoms with Gasteiger partial charge in [0.2, 0.25) is 15.2 Å². The number of hydrogen-bond acceptors (Lipinski definition) is 7. The molecule has 1 aromatic carbocycles. The third kappa shape index (κ3) is 4.54. The normalized spacial score (nSPS) is 11.2. The summed E-state index contributed by atoms with van der Waals surface area (Å²) in [7, 11) is -3.52. The van der Waals surface area contributed by atoms with E-state index in [2.05, 4.69) is 25.2 Å². The molecule has 0 radical (unpaired) electrons. The van der Waals surface area contributed by atoms with Gasteiger partial charge in [0.25, 0.3) is 5.91 Å². The molecule has 134 valence electrons. The number of rotatable bonds is 5. The number of nitrogens with zero attached hydrogens (tertiary/aromatic N) is 3. The van der Waals surface area contributed by atoms with Crippen LogP contribution in [0.1, 0.15) is 10.4 Å². The number of pyridine rings is 1. The van der Waals surface area contributed by atoms with E-state index < -0.39 is 15.9 Å². The Bertz CT molecular complexity index is 1050. The van der Waals surface area contributed by atoms with Crippen LogP contribution in [-0.2, 0) is 10.0 Å². The zero-order valence-corrected chi connectivity index (χ0v) is 15.7. The summed E-state index contributed by atoms with van der Waals surface area (Å²) in [6, 6.07) is 9.66. The van der Waals surface area contributed by atoms with Crippen molar-refractivity contribution >= 4 is 49.7 Å². The summed E-state index contributed by atoms with van der Waals surface area (Å²) < 4.78 is 25.0. The van der Waals surface area contributed by atoms with Crippen LogP contribution in [0.2, 0.25) is 5.02 Å². The van der Waals surface area contributed by atoms with Crippen LogP contribution in [0.4, 0.5) is 10.8 Å². The predicted molar refractivity (Wildman–Crippen MR) is 101 cm³/mol. The Labute approximate surface area is 158 Å². The number of amides is 1. The maximum atomic E-state index is 12.4. The number of halogens is 1. The lowest BCUT2D eigenvalue weighted by molar-refractivity contribution is 0.102. The minimum absolute atomic E-state index is 0.119. The Morgan fingerprint density at radius 3 is 2.69 bits per heavy atom. The molecule has 0 aliphatic rings. The maximum Gasteiger partial charge on any atom is 0.257 e. The summed E-state index contributed by atoms with van der Waals surface area (Å²) in [5.74, 6) is -0.470. The summed E-state index contributed by atoms with van der Waals surface area (Å²) in [6.45, 7) is 0. The second-order valence-electron chi connectivity index (χ2n) is 5.15. The van der Waals surface area contributed by atoms with E-state index in [1.54, 1.807) is 18.3 Å². The lowest BCUT2D eigenvalue weighted by atomic mass is 10.2. The molecule has 0 fully saturated rings. The smallest absolute Gasteiger partial charge is 0.257 e. The van der Waals surface area contributed by atoms with Gasteiger partial charge in [0.15, 0.2) is 5.01 Å². The first-order valence-electron chi connectivity index (χ1n) is 7.15. The molecule has 0 aliphatic heterocycles. The zero-order chi connectivity index (χ0) is 18.7. The summed E-state index contributed by atoms with van der Waals surface area (Å²) in [5.41, 5.74) is 0.986. The lowest BCUT2D eigenvalue weighted by Gasteiger charge is -2.08. The van der Waals surface area contributed by atoms with E-state index in [-0.39, 0.29) is 16.3 Å². The minimum atomic E-state index is -3.52. The minimum Gasteiger partial charge on any atom is -0.296 e. The predicted octanol–water partition coefficient (Wildman–Crippen LogP) is 2.88. The third-order valence-electron chi connectivity index (χ3n) is 3.05. The maximum absolute atomic E-state index is 12.4. The molecule has 26 heavy (non-hydrogen) atoms. The molecule has 0 spiro atoms. The molecule has 0 atom stereocenters. The van der Waals surface area contributed by atoms with Crippen LogP contribution in [-0.4, -0.2) is 35.8 Å². The quantitative estimate of drug-likeness (QED) is 0.669. The van der Waals surface area contributed by atoms with Crippen molar-refractivity contribution in [2.75, 3.05) is 16.3 Å². The lowest BCUT2D eigenvalue weighted by Crippen LogP contribution is -2.14. The zero-order valence-electron chi connectivity index (χ0n) is 13.3. The van der Waals surface area contributed by atoms with Crippen LogP contribution in [0, 0.1) is 0 Å². The highest BCUT2D eigenvalue weighted by Crippen LogP contribution is 2.27. The Morgan fingerprint density at radius 2 is 2.00 bits per heavy atom. The molecule has 8 nitrogen and oxygen atoms in total. The summed E-state index contributed by atoms with van der Waals surface area (Å²) in [4.78, 5) is 16.6. The first-order chi connectivity index (χ1) is 12.3. The molecule has 3 aromatic rings. The van der Waals surface area contributed by atoms with Crippen molar-refractivity contribution in [3.8, 4) is 10.7 Å². The van der Waals surface area contributed by atoms with Gasteiger partial charge >= 0.3 is 0 Å². The van der Waals surface area contributed by atoms with Crippen molar-refractivity contribution in [2.45, 2.75) is 0 Å². The highest BCUT2D eigenvalue weighted by molar-refractivity contribution is 7.92. The van der Waals surface area contributed by atoms with Gasteiger partial charge in [-0.15, -0.1) is 10.2 Å². The number of anilines is 2. The van der Waals surface area contributed by atoms with E-state index in [1.165, 1.54) is 29.5 Å². The highest BCUT2D eigenvalue weighted by atomic mass is 35.5. The van der Waals surface area contributed by atoms with Gasteiger partial charge in [-0.05, 0) is 30.3 Å². The van der Waals surface area contributed by atoms with E-state index in [0.29, 0.717) is 15.8 Å². The van der Waals surface area contributed by atoms with Crippen molar-refractivity contribution in [1.29, 1.82) is 0 Å². The Morgan fingerprint density at radius 1 is 1.19 bits per heavy atom. The van der Waals surface area contributed by atoms with E-state index in [9.17, 15) is 13.2 Å². The first kappa shape index (κ1) is 18.2. The summed E-state index contributed by atoms with van der Waals surface area (Å²) >= 11 is 7.12. The van der Waals surface area contributed by atoms with Gasteiger partial charge in [0.05, 0.1) is 17.0 Å². The van der Waals surface area contributed by atoms with Gasteiger partial charge in [-0.25, -0.2) is 8.42 Å². The number of aromatic nitrogens is 3. The van der Waals surface area contributed by atoms with E-state index in [1.807, 2.05) is 6.07 Å². The summed E-state index contributed by atoms with van der Waals surface area (Å²) in [6.07, 6.45) is 2.63. The second kappa shape index (κ2) is 7.36. The Kier molecular flexibility index (Phi) is 5.16. The molecule has 2 aromatic heterocycles. The fourth-order valence-corrected chi connectivity index (χ4v) is 3.48. The fourth-order valence-electron chi connectivity index (χ4n) is 1.98. The van der Waals surface area contributed by atoms with Crippen LogP contribution in [0.3, 0.4) is 0 Å². The van der Waals surface area contributed by atoms with Gasteiger partial charge < -0.3 is 0 Å². The molecule has 1 amide bonds. The molecule has 2 heterocycles. The first-order valence-corrected chi connectivity index (χ1v) is 10.2. The highest BCUT2D eigenvalue weighted by Gasteiger charge is 2.14. The standard InChI is InChI=1S/C15H12ClN5O3S2/c1-26(23,24)21-12-8-9(5-6-10(12)16)13(22)18-15-20-19-14(25-15)11-4-2-3-7-17-11/h2-8,21H,1H3,(H,18,20,22). The SMILES string of the molecule is CS(=O)(=O)Nc1cc(C(=O)Nc2nnc(-c3ccccn3)s2)ccc1Cl. The van der Waals surface area contributed by atoms with Gasteiger partial charge in [-0.1, -0.05) is 29.0 Å². The van der Waals surface area contributed by atoms with Crippen LogP contribution < -0.4 is 10.0 Å². The van der Waals surface area contributed by atoms with Crippen molar-refractivity contribution < 1.29 is 13.2 Å². The van der Waals surface area contributed by atoms with Crippen LogP contribution in [0.15, 0.2) is 42.6 Å². The van der Waals surface area contributed by atoms with Gasteiger partial charge in [-0.3, -0.25) is 19.8 Å². The van der Waals surface area contributed by atoms with Gasteiger partial charge in [-0.2, -0.15) is 0 Å². The van der Waals surface area contributed by atoms with Crippen LogP contribution in [0.25, 0.3) is 10.7 Å². The molecule has 0 saturated carbocycles. The monoisotopic (exact) mass is 409 g/mol. The van der Waals surface area contributed by atoms with Crippen molar-refractivity contribution in [1.82, 2.24) is 15.2 Å². The number of benzene rings is 1. The van der Waals surface area contributed by atoms with Crippen molar-refractivity contribution in [2.24, 2.45) is 0 Å². The van der Waals surface area contributed by atoms with E-state index in [4.69, 9.17) is 11.6 Å². The second-order valence-corrected chi connectivity index (χ2v) is 8.28. The molecule has 2 N–H and O–H groups in total. The molecule has 0 aliphatic carbocycles. The third-order valence-corrected chi connectivity index (χ3v) is 4.83. The van der Waals surface area contributed by atoms with Gasteiger partial charge in [0.1, 0.15) is 5.69 Å². The van der Waals surface area contributed by atoms with Crippen molar-refractivity contribution in [3.05, 3.63) is 53.2 Å². The molecular weight excluding hydrogens is 398 g/mol. The van der Waals surface area contributed by atoms with E-state index in [0.717, 1.165) is 6.26 Å². The molecule has 0 saturated heterocycles. The molecule has 0 bridgehead atoms. The Balaban J connectivity index is 1.78.